The molecule has 4 heteroatoms. The van der Waals surface area contributed by atoms with Gasteiger partial charge < -0.3 is 16.0 Å². The average molecular weight is 169 g/mol. The normalized spacial score (nSPS) is 24.6. The number of nitrogens with zero attached hydrogens (tertiary/aromatic N) is 1. The zero-order chi connectivity index (χ0) is 8.55. The van der Waals surface area contributed by atoms with E-state index in [-0.39, 0.29) is 12.1 Å². The van der Waals surface area contributed by atoms with Crippen LogP contribution in [0.3, 0.4) is 0 Å². The van der Waals surface area contributed by atoms with Gasteiger partial charge in [0.15, 0.2) is 0 Å². The third-order valence-corrected chi connectivity index (χ3v) is 2.63. The highest BCUT2D eigenvalue weighted by Crippen LogP contribution is 2.18. The van der Waals surface area contributed by atoms with Crippen molar-refractivity contribution in [1.29, 1.82) is 0 Å². The number of nitrogens with one attached hydrogen (secondary N) is 1. The first kappa shape index (κ1) is 7.86. The van der Waals surface area contributed by atoms with Crippen molar-refractivity contribution in [2.75, 3.05) is 13.1 Å². The fourth-order valence-corrected chi connectivity index (χ4v) is 1.50. The Morgan fingerprint density at radius 2 is 2.08 bits per heavy atom. The number of likely N-dealkylation sites (tertiary alicyclic amines) is 1. The molecule has 0 aromatic carbocycles. The molecular weight excluding hydrogens is 154 g/mol. The van der Waals surface area contributed by atoms with E-state index in [4.69, 9.17) is 5.73 Å². The molecule has 1 saturated carbocycles. The molecule has 2 amide bonds. The second kappa shape index (κ2) is 2.94. The van der Waals surface area contributed by atoms with E-state index in [1.54, 1.807) is 4.90 Å². The van der Waals surface area contributed by atoms with Crippen LogP contribution in [-0.2, 0) is 0 Å². The molecule has 0 spiro atoms. The Morgan fingerprint density at radius 3 is 2.50 bits per heavy atom. The molecule has 0 radical (unpaired) electrons. The lowest BCUT2D eigenvalue weighted by Crippen LogP contribution is -2.61. The Balaban J connectivity index is 1.70. The highest BCUT2D eigenvalue weighted by Gasteiger charge is 2.29. The number of hydrogen-bond acceptors (Lipinski definition) is 2. The van der Waals surface area contributed by atoms with E-state index < -0.39 is 0 Å². The summed E-state index contributed by atoms with van der Waals surface area (Å²) in [5, 5.41) is 2.97. The second-order valence-electron chi connectivity index (χ2n) is 3.74. The molecule has 4 nitrogen and oxygen atoms in total. The third-order valence-electron chi connectivity index (χ3n) is 2.63. The Kier molecular flexibility index (Phi) is 1.92. The summed E-state index contributed by atoms with van der Waals surface area (Å²) in [6.45, 7) is 1.44. The first-order valence-electron chi connectivity index (χ1n) is 4.57. The average Bonchev–Trinajstić information content (AvgIpc) is 1.90. The first-order chi connectivity index (χ1) is 5.75. The van der Waals surface area contributed by atoms with Crippen molar-refractivity contribution in [2.45, 2.75) is 31.3 Å². The zero-order valence-electron chi connectivity index (χ0n) is 7.12. The summed E-state index contributed by atoms with van der Waals surface area (Å²) in [5.74, 6) is 0. The van der Waals surface area contributed by atoms with Crippen molar-refractivity contribution in [3.63, 3.8) is 0 Å². The van der Waals surface area contributed by atoms with Crippen molar-refractivity contribution in [2.24, 2.45) is 5.73 Å². The maximum atomic E-state index is 11.3. The first-order valence-corrected chi connectivity index (χ1v) is 4.57. The quantitative estimate of drug-likeness (QED) is 0.575. The molecule has 2 rings (SSSR count). The number of rotatable bonds is 1. The predicted molar refractivity (Wildman–Crippen MR) is 45.7 cm³/mol. The van der Waals surface area contributed by atoms with Crippen molar-refractivity contribution in [3.8, 4) is 0 Å². The van der Waals surface area contributed by atoms with Crippen LogP contribution in [0.2, 0.25) is 0 Å². The SMILES string of the molecule is NC1CN(C(=O)NC2CCC2)C1. The largest absolute Gasteiger partial charge is 0.335 e. The van der Waals surface area contributed by atoms with Gasteiger partial charge >= 0.3 is 6.03 Å². The van der Waals surface area contributed by atoms with E-state index in [9.17, 15) is 4.79 Å². The van der Waals surface area contributed by atoms with Crippen molar-refractivity contribution in [3.05, 3.63) is 0 Å². The molecule has 0 atom stereocenters. The Labute approximate surface area is 72.1 Å². The molecule has 1 saturated heterocycles. The van der Waals surface area contributed by atoms with Gasteiger partial charge in [-0.1, -0.05) is 0 Å². The van der Waals surface area contributed by atoms with Crippen LogP contribution in [0.1, 0.15) is 19.3 Å². The Hall–Kier alpha value is -0.770. The molecule has 3 N–H and O–H groups in total. The predicted octanol–water partition coefficient (Wildman–Crippen LogP) is -0.109. The number of amides is 2. The summed E-state index contributed by atoms with van der Waals surface area (Å²) in [6, 6.07) is 0.716. The lowest BCUT2D eigenvalue weighted by molar-refractivity contribution is 0.144. The zero-order valence-corrected chi connectivity index (χ0v) is 7.12. The van der Waals surface area contributed by atoms with E-state index in [1.807, 2.05) is 0 Å². The maximum absolute atomic E-state index is 11.3. The van der Waals surface area contributed by atoms with Crippen LogP contribution >= 0.6 is 0 Å². The molecule has 0 aromatic rings. The summed E-state index contributed by atoms with van der Waals surface area (Å²) in [5.41, 5.74) is 5.56. The summed E-state index contributed by atoms with van der Waals surface area (Å²) < 4.78 is 0. The summed E-state index contributed by atoms with van der Waals surface area (Å²) in [6.07, 6.45) is 3.54. The molecule has 0 aromatic heterocycles. The van der Waals surface area contributed by atoms with E-state index in [0.717, 1.165) is 25.9 Å². The smallest absolute Gasteiger partial charge is 0.317 e. The van der Waals surface area contributed by atoms with Gasteiger partial charge in [0.05, 0.1) is 0 Å². The topological polar surface area (TPSA) is 58.4 Å². The Morgan fingerprint density at radius 1 is 1.42 bits per heavy atom. The number of hydrogen-bond donors (Lipinski definition) is 2. The highest BCUT2D eigenvalue weighted by molar-refractivity contribution is 5.75. The van der Waals surface area contributed by atoms with Crippen molar-refractivity contribution < 1.29 is 4.79 Å². The van der Waals surface area contributed by atoms with Crippen molar-refractivity contribution in [1.82, 2.24) is 10.2 Å². The lowest BCUT2D eigenvalue weighted by Gasteiger charge is -2.39. The van der Waals surface area contributed by atoms with E-state index in [0.29, 0.717) is 6.04 Å². The van der Waals surface area contributed by atoms with Gasteiger partial charge in [0.1, 0.15) is 0 Å². The van der Waals surface area contributed by atoms with Gasteiger partial charge in [-0.25, -0.2) is 4.79 Å². The maximum Gasteiger partial charge on any atom is 0.317 e. The minimum Gasteiger partial charge on any atom is -0.335 e. The molecule has 12 heavy (non-hydrogen) atoms. The standard InChI is InChI=1S/C8H15N3O/c9-6-4-11(5-6)8(12)10-7-2-1-3-7/h6-7H,1-5,9H2,(H,10,12). The van der Waals surface area contributed by atoms with Crippen LogP contribution in [0.5, 0.6) is 0 Å². The van der Waals surface area contributed by atoms with Crippen LogP contribution in [0, 0.1) is 0 Å². The molecule has 1 heterocycles. The van der Waals surface area contributed by atoms with Crippen molar-refractivity contribution >= 4 is 6.03 Å². The number of carbonyl (C=O) groups excluding carboxylic acids is 1. The second-order valence-corrected chi connectivity index (χ2v) is 3.74. The van der Waals surface area contributed by atoms with Gasteiger partial charge in [-0.15, -0.1) is 0 Å². The summed E-state index contributed by atoms with van der Waals surface area (Å²) >= 11 is 0. The Bertz CT molecular complexity index is 185. The molecule has 1 aliphatic carbocycles. The van der Waals surface area contributed by atoms with Crippen LogP contribution in [0.4, 0.5) is 4.79 Å². The minimum absolute atomic E-state index is 0.0707. The van der Waals surface area contributed by atoms with Gasteiger partial charge in [0, 0.05) is 25.2 Å². The molecular formula is C8H15N3O. The third kappa shape index (κ3) is 1.39. The van der Waals surface area contributed by atoms with Gasteiger partial charge in [-0.05, 0) is 19.3 Å². The molecule has 1 aliphatic heterocycles. The molecule has 68 valence electrons. The fraction of sp³-hybridized carbons (Fsp3) is 0.875. The van der Waals surface area contributed by atoms with Crippen LogP contribution in [-0.4, -0.2) is 36.1 Å². The van der Waals surface area contributed by atoms with Gasteiger partial charge in [0.25, 0.3) is 0 Å². The van der Waals surface area contributed by atoms with E-state index in [2.05, 4.69) is 5.32 Å². The van der Waals surface area contributed by atoms with E-state index in [1.165, 1.54) is 6.42 Å². The van der Waals surface area contributed by atoms with E-state index >= 15 is 0 Å². The number of urea groups is 1. The lowest BCUT2D eigenvalue weighted by atomic mass is 9.93. The number of carbonyl (C=O) groups is 1. The minimum atomic E-state index is 0.0707. The van der Waals surface area contributed by atoms with Crippen LogP contribution < -0.4 is 11.1 Å². The van der Waals surface area contributed by atoms with Gasteiger partial charge in [0.2, 0.25) is 0 Å². The van der Waals surface area contributed by atoms with Crippen LogP contribution in [0.25, 0.3) is 0 Å². The number of nitrogens with two attached hydrogens (primary N) is 1. The van der Waals surface area contributed by atoms with Gasteiger partial charge in [-0.3, -0.25) is 0 Å². The molecule has 2 aliphatic rings. The van der Waals surface area contributed by atoms with Crippen LogP contribution in [0.15, 0.2) is 0 Å². The molecule has 0 bridgehead atoms. The fourth-order valence-electron chi connectivity index (χ4n) is 1.50. The monoisotopic (exact) mass is 169 g/mol. The van der Waals surface area contributed by atoms with Gasteiger partial charge in [-0.2, -0.15) is 0 Å². The molecule has 2 fully saturated rings. The summed E-state index contributed by atoms with van der Waals surface area (Å²) in [7, 11) is 0. The summed E-state index contributed by atoms with van der Waals surface area (Å²) in [4.78, 5) is 13.1. The highest BCUT2D eigenvalue weighted by atomic mass is 16.2. The molecule has 0 unspecified atom stereocenters.